The number of benzene rings is 1. The van der Waals surface area contributed by atoms with Crippen LogP contribution >= 0.6 is 0 Å². The van der Waals surface area contributed by atoms with E-state index in [1.54, 1.807) is 6.92 Å². The van der Waals surface area contributed by atoms with Gasteiger partial charge < -0.3 is 30.9 Å². The second-order valence-electron chi connectivity index (χ2n) is 3.51. The van der Waals surface area contributed by atoms with Crippen molar-refractivity contribution in [1.82, 2.24) is 0 Å². The molecule has 0 saturated carbocycles. The summed E-state index contributed by atoms with van der Waals surface area (Å²) in [6.45, 7) is 5.00. The van der Waals surface area contributed by atoms with Crippen LogP contribution in [0.25, 0.3) is 10.8 Å². The summed E-state index contributed by atoms with van der Waals surface area (Å²) < 4.78 is 0. The largest absolute Gasteiger partial charge is 2.00 e. The summed E-state index contributed by atoms with van der Waals surface area (Å²) in [7, 11) is 0. The number of halogens is 2. The van der Waals surface area contributed by atoms with Crippen molar-refractivity contribution in [2.45, 2.75) is 13.3 Å². The molecule has 0 spiro atoms. The Morgan fingerprint density at radius 3 is 2.30 bits per heavy atom. The molecular weight excluding hydrogens is 366 g/mol. The van der Waals surface area contributed by atoms with Gasteiger partial charge in [-0.15, -0.1) is 36.1 Å². The molecule has 0 bridgehead atoms. The summed E-state index contributed by atoms with van der Waals surface area (Å²) >= 11 is 0. The fourth-order valence-electron chi connectivity index (χ4n) is 1.41. The summed E-state index contributed by atoms with van der Waals surface area (Å²) in [5.41, 5.74) is 0. The average molecular weight is 383 g/mol. The maximum atomic E-state index is 3.24. The van der Waals surface area contributed by atoms with Crippen molar-refractivity contribution >= 4 is 10.8 Å². The van der Waals surface area contributed by atoms with E-state index in [-0.39, 0.29) is 51.0 Å². The molecule has 3 heteroatoms. The quantitative estimate of drug-likeness (QED) is 0.505. The Kier molecular flexibility index (Phi) is 20.3. The van der Waals surface area contributed by atoms with Gasteiger partial charge in [0.05, 0.1) is 0 Å². The van der Waals surface area contributed by atoms with Crippen LogP contribution in [0.3, 0.4) is 0 Å². The molecule has 1 aliphatic rings. The van der Waals surface area contributed by atoms with Crippen LogP contribution in [0, 0.1) is 12.2 Å². The third-order valence-electron chi connectivity index (χ3n) is 2.13. The third kappa shape index (κ3) is 10.3. The van der Waals surface area contributed by atoms with Crippen molar-refractivity contribution in [1.29, 1.82) is 0 Å². The second kappa shape index (κ2) is 16.6. The molecule has 0 aromatic heterocycles. The van der Waals surface area contributed by atoms with Gasteiger partial charge in [-0.05, 0) is 0 Å². The van der Waals surface area contributed by atoms with E-state index in [1.807, 2.05) is 12.2 Å². The molecule has 2 aromatic rings. The van der Waals surface area contributed by atoms with E-state index >= 15 is 0 Å². The first-order valence-electron chi connectivity index (χ1n) is 5.64. The summed E-state index contributed by atoms with van der Waals surface area (Å²) in [4.78, 5) is 0. The molecule has 0 heterocycles. The molecule has 0 saturated heterocycles. The Morgan fingerprint density at radius 2 is 1.85 bits per heavy atom. The SMILES string of the molecule is C=[C-]C.[C-]1=CC=CC1.[Cl-].[Cl-].[Zr+2].c1ccc2[cH-]ccc2c1. The Bertz CT molecular complexity index is 458. The van der Waals surface area contributed by atoms with Gasteiger partial charge in [-0.25, -0.2) is 12.2 Å². The van der Waals surface area contributed by atoms with Crippen molar-refractivity contribution < 1.29 is 51.0 Å². The monoisotopic (exact) mass is 381 g/mol. The average Bonchev–Trinajstić information content (AvgIpc) is 3.05. The van der Waals surface area contributed by atoms with Gasteiger partial charge in [-0.2, -0.15) is 30.5 Å². The molecule has 0 atom stereocenters. The molecule has 20 heavy (non-hydrogen) atoms. The fraction of sp³-hybridized carbons (Fsp3) is 0.118. The van der Waals surface area contributed by atoms with Crippen molar-refractivity contribution in [3.8, 4) is 0 Å². The first-order valence-corrected chi connectivity index (χ1v) is 5.64. The van der Waals surface area contributed by atoms with Crippen LogP contribution in [0.15, 0.2) is 67.3 Å². The molecule has 0 amide bonds. The van der Waals surface area contributed by atoms with Crippen molar-refractivity contribution in [3.63, 3.8) is 0 Å². The number of hydrogen-bond donors (Lipinski definition) is 0. The summed E-state index contributed by atoms with van der Waals surface area (Å²) in [6, 6.07) is 14.7. The van der Waals surface area contributed by atoms with Gasteiger partial charge in [0.15, 0.2) is 0 Å². The predicted octanol–water partition coefficient (Wildman–Crippen LogP) is -1.13. The van der Waals surface area contributed by atoms with Crippen LogP contribution in [-0.2, 0) is 26.2 Å². The minimum Gasteiger partial charge on any atom is -1.00 e. The van der Waals surface area contributed by atoms with E-state index in [0.717, 1.165) is 6.42 Å². The third-order valence-corrected chi connectivity index (χ3v) is 2.13. The van der Waals surface area contributed by atoms with Crippen molar-refractivity contribution in [3.05, 3.63) is 79.4 Å². The van der Waals surface area contributed by atoms with Crippen LogP contribution in [0.5, 0.6) is 0 Å². The maximum Gasteiger partial charge on any atom is 2.00 e. The standard InChI is InChI=1S/C9H7.C5H5.C3H5.2ClH.Zr/c1-2-5-9-7-3-6-8(9)4-1;1-2-4-5-3-1;1-3-2;;;/h1-7H;1-3H,4H2;1H2,2H3;2*1H;/q3*-1;;;+2/p-2. The number of rotatable bonds is 0. The molecular formula is C17H17Cl2Zr-3. The first-order chi connectivity index (χ1) is 8.38. The molecule has 2 aromatic carbocycles. The molecule has 3 rings (SSSR count). The van der Waals surface area contributed by atoms with E-state index in [1.165, 1.54) is 10.8 Å². The Labute approximate surface area is 154 Å². The van der Waals surface area contributed by atoms with E-state index in [4.69, 9.17) is 0 Å². The van der Waals surface area contributed by atoms with Crippen LogP contribution in [0.1, 0.15) is 13.3 Å². The van der Waals surface area contributed by atoms with Gasteiger partial charge in [0.1, 0.15) is 0 Å². The van der Waals surface area contributed by atoms with E-state index in [9.17, 15) is 0 Å². The van der Waals surface area contributed by atoms with E-state index in [0.29, 0.717) is 0 Å². The minimum atomic E-state index is 0. The van der Waals surface area contributed by atoms with E-state index in [2.05, 4.69) is 67.3 Å². The van der Waals surface area contributed by atoms with Crippen molar-refractivity contribution in [2.75, 3.05) is 0 Å². The topological polar surface area (TPSA) is 0 Å². The number of allylic oxidation sites excluding steroid dienone is 5. The number of hydrogen-bond acceptors (Lipinski definition) is 0. The smallest absolute Gasteiger partial charge is 1.00 e. The molecule has 0 unspecified atom stereocenters. The molecule has 0 nitrogen and oxygen atoms in total. The molecule has 0 aliphatic heterocycles. The summed E-state index contributed by atoms with van der Waals surface area (Å²) in [5.74, 6) is 0. The normalized spacial score (nSPS) is 9.65. The first kappa shape index (κ1) is 24.5. The van der Waals surface area contributed by atoms with E-state index < -0.39 is 0 Å². The molecule has 0 N–H and O–H groups in total. The zero-order valence-corrected chi connectivity index (χ0v) is 15.4. The number of fused-ring (bicyclic) bond motifs is 1. The molecule has 106 valence electrons. The van der Waals surface area contributed by atoms with Gasteiger partial charge >= 0.3 is 26.2 Å². The Balaban J connectivity index is -0.000000231. The Morgan fingerprint density at radius 1 is 1.20 bits per heavy atom. The van der Waals surface area contributed by atoms with Crippen LogP contribution in [-0.4, -0.2) is 0 Å². The predicted molar refractivity (Wildman–Crippen MR) is 75.7 cm³/mol. The van der Waals surface area contributed by atoms with Gasteiger partial charge in [0.25, 0.3) is 0 Å². The van der Waals surface area contributed by atoms with Crippen LogP contribution in [0.2, 0.25) is 0 Å². The van der Waals surface area contributed by atoms with Crippen LogP contribution in [0.4, 0.5) is 0 Å². The van der Waals surface area contributed by atoms with Gasteiger partial charge in [0, 0.05) is 0 Å². The zero-order chi connectivity index (χ0) is 12.3. The fourth-order valence-corrected chi connectivity index (χ4v) is 1.41. The second-order valence-corrected chi connectivity index (χ2v) is 3.51. The van der Waals surface area contributed by atoms with Gasteiger partial charge in [-0.1, -0.05) is 6.07 Å². The maximum absolute atomic E-state index is 3.24. The van der Waals surface area contributed by atoms with Gasteiger partial charge in [-0.3, -0.25) is 12.7 Å². The van der Waals surface area contributed by atoms with Crippen LogP contribution < -0.4 is 24.8 Å². The Hall–Kier alpha value is -0.487. The summed E-state index contributed by atoms with van der Waals surface area (Å²) in [6.07, 6.45) is 12.5. The van der Waals surface area contributed by atoms with Gasteiger partial charge in [0.2, 0.25) is 0 Å². The molecule has 0 radical (unpaired) electrons. The minimum absolute atomic E-state index is 0. The van der Waals surface area contributed by atoms with Crippen molar-refractivity contribution in [2.24, 2.45) is 0 Å². The summed E-state index contributed by atoms with van der Waals surface area (Å²) in [5, 5.41) is 2.66. The molecule has 0 fully saturated rings. The zero-order valence-electron chi connectivity index (χ0n) is 11.4. The molecule has 1 aliphatic carbocycles.